The molecule has 0 bridgehead atoms. The van der Waals surface area contributed by atoms with Gasteiger partial charge in [0.05, 0.1) is 5.69 Å². The molecular weight excluding hydrogens is 190 g/mol. The van der Waals surface area contributed by atoms with Gasteiger partial charge >= 0.3 is 0 Å². The van der Waals surface area contributed by atoms with E-state index in [-0.39, 0.29) is 0 Å². The van der Waals surface area contributed by atoms with Crippen molar-refractivity contribution < 1.29 is 4.79 Å². The Morgan fingerprint density at radius 2 is 2.00 bits per heavy atom. The molecule has 1 N–H and O–H groups in total. The minimum absolute atomic E-state index is 0.666. The van der Waals surface area contributed by atoms with Crippen LogP contribution in [0.15, 0.2) is 36.5 Å². The largest absolute Gasteiger partial charge is 0.329 e. The first-order valence-corrected chi connectivity index (χ1v) is 4.60. The number of hydrogen-bond acceptors (Lipinski definition) is 2. The van der Waals surface area contributed by atoms with Gasteiger partial charge in [0.2, 0.25) is 6.41 Å². The van der Waals surface area contributed by atoms with Crippen molar-refractivity contribution in [2.24, 2.45) is 7.05 Å². The van der Waals surface area contributed by atoms with E-state index < -0.39 is 0 Å². The number of anilines is 1. The lowest BCUT2D eigenvalue weighted by molar-refractivity contribution is -0.105. The second kappa shape index (κ2) is 3.96. The third kappa shape index (κ3) is 1.88. The lowest BCUT2D eigenvalue weighted by Gasteiger charge is -2.03. The van der Waals surface area contributed by atoms with E-state index in [4.69, 9.17) is 0 Å². The summed E-state index contributed by atoms with van der Waals surface area (Å²) in [4.78, 5) is 10.2. The van der Waals surface area contributed by atoms with E-state index in [1.165, 1.54) is 0 Å². The molecule has 15 heavy (non-hydrogen) atoms. The predicted octanol–water partition coefficient (Wildman–Crippen LogP) is 1.66. The van der Waals surface area contributed by atoms with Crippen LogP contribution in [0.5, 0.6) is 0 Å². The fourth-order valence-electron chi connectivity index (χ4n) is 1.46. The Morgan fingerprint density at radius 1 is 1.27 bits per heavy atom. The minimum Gasteiger partial charge on any atom is -0.329 e. The second-order valence-corrected chi connectivity index (χ2v) is 3.18. The van der Waals surface area contributed by atoms with Crippen molar-refractivity contribution in [3.05, 3.63) is 36.5 Å². The second-order valence-electron chi connectivity index (χ2n) is 3.18. The normalized spacial score (nSPS) is 9.93. The van der Waals surface area contributed by atoms with Crippen molar-refractivity contribution in [1.82, 2.24) is 9.78 Å². The molecule has 0 aliphatic carbocycles. The maximum Gasteiger partial charge on any atom is 0.211 e. The zero-order valence-electron chi connectivity index (χ0n) is 8.34. The summed E-state index contributed by atoms with van der Waals surface area (Å²) in [5.74, 6) is 0. The van der Waals surface area contributed by atoms with Crippen LogP contribution in [-0.2, 0) is 11.8 Å². The van der Waals surface area contributed by atoms with Crippen LogP contribution in [0.25, 0.3) is 11.3 Å². The number of carbonyl (C=O) groups excluding carboxylic acids is 1. The zero-order valence-corrected chi connectivity index (χ0v) is 8.34. The van der Waals surface area contributed by atoms with Gasteiger partial charge < -0.3 is 5.32 Å². The summed E-state index contributed by atoms with van der Waals surface area (Å²) in [5.41, 5.74) is 2.91. The van der Waals surface area contributed by atoms with Crippen LogP contribution in [0.1, 0.15) is 0 Å². The van der Waals surface area contributed by atoms with Crippen LogP contribution in [0.2, 0.25) is 0 Å². The maximum atomic E-state index is 10.2. The van der Waals surface area contributed by atoms with Crippen molar-refractivity contribution >= 4 is 12.1 Å². The Hall–Kier alpha value is -2.10. The van der Waals surface area contributed by atoms with Gasteiger partial charge in [-0.1, -0.05) is 12.1 Å². The molecule has 1 heterocycles. The molecule has 0 unspecified atom stereocenters. The van der Waals surface area contributed by atoms with Gasteiger partial charge in [-0.2, -0.15) is 5.10 Å². The van der Waals surface area contributed by atoms with E-state index in [0.29, 0.717) is 6.41 Å². The molecule has 1 aromatic heterocycles. The molecule has 4 heteroatoms. The summed E-state index contributed by atoms with van der Waals surface area (Å²) in [6.07, 6.45) is 2.42. The molecule has 0 aliphatic heterocycles. The van der Waals surface area contributed by atoms with Crippen molar-refractivity contribution in [3.63, 3.8) is 0 Å². The Labute approximate surface area is 87.5 Å². The monoisotopic (exact) mass is 201 g/mol. The van der Waals surface area contributed by atoms with E-state index in [1.54, 1.807) is 6.20 Å². The third-order valence-corrected chi connectivity index (χ3v) is 2.23. The van der Waals surface area contributed by atoms with Gasteiger partial charge in [-0.25, -0.2) is 0 Å². The van der Waals surface area contributed by atoms with Crippen molar-refractivity contribution in [2.75, 3.05) is 5.32 Å². The number of nitrogens with zero attached hydrogens (tertiary/aromatic N) is 2. The predicted molar refractivity (Wildman–Crippen MR) is 58.3 cm³/mol. The van der Waals surface area contributed by atoms with Gasteiger partial charge in [-0.3, -0.25) is 9.48 Å². The number of rotatable bonds is 3. The summed E-state index contributed by atoms with van der Waals surface area (Å²) >= 11 is 0. The first kappa shape index (κ1) is 9.45. The molecule has 2 aromatic rings. The fourth-order valence-corrected chi connectivity index (χ4v) is 1.46. The van der Waals surface area contributed by atoms with Crippen molar-refractivity contribution in [2.45, 2.75) is 0 Å². The molecule has 0 spiro atoms. The van der Waals surface area contributed by atoms with Gasteiger partial charge in [0.15, 0.2) is 0 Å². The van der Waals surface area contributed by atoms with E-state index >= 15 is 0 Å². The van der Waals surface area contributed by atoms with Crippen LogP contribution in [-0.4, -0.2) is 16.2 Å². The molecule has 0 atom stereocenters. The molecule has 4 nitrogen and oxygen atoms in total. The Bertz CT molecular complexity index is 459. The molecule has 0 fully saturated rings. The van der Waals surface area contributed by atoms with Crippen LogP contribution >= 0.6 is 0 Å². The number of benzene rings is 1. The summed E-state index contributed by atoms with van der Waals surface area (Å²) in [5, 5.41) is 6.69. The quantitative estimate of drug-likeness (QED) is 0.767. The molecule has 2 rings (SSSR count). The highest BCUT2D eigenvalue weighted by Gasteiger charge is 2.01. The molecule has 0 aliphatic rings. The van der Waals surface area contributed by atoms with Gasteiger partial charge in [0, 0.05) is 18.9 Å². The Kier molecular flexibility index (Phi) is 2.49. The summed E-state index contributed by atoms with van der Waals surface area (Å²) in [6, 6.07) is 9.56. The highest BCUT2D eigenvalue weighted by atomic mass is 16.1. The van der Waals surface area contributed by atoms with Crippen molar-refractivity contribution in [3.8, 4) is 11.3 Å². The smallest absolute Gasteiger partial charge is 0.211 e. The molecule has 1 aromatic carbocycles. The van der Waals surface area contributed by atoms with Crippen LogP contribution < -0.4 is 5.32 Å². The van der Waals surface area contributed by atoms with Crippen molar-refractivity contribution in [1.29, 1.82) is 0 Å². The van der Waals surface area contributed by atoms with Gasteiger partial charge in [-0.05, 0) is 23.8 Å². The molecule has 1 amide bonds. The third-order valence-electron chi connectivity index (χ3n) is 2.23. The average Bonchev–Trinajstić information content (AvgIpc) is 2.66. The molecule has 76 valence electrons. The van der Waals surface area contributed by atoms with Crippen LogP contribution in [0.3, 0.4) is 0 Å². The van der Waals surface area contributed by atoms with Gasteiger partial charge in [0.1, 0.15) is 0 Å². The van der Waals surface area contributed by atoms with E-state index in [0.717, 1.165) is 16.9 Å². The average molecular weight is 201 g/mol. The number of carbonyl (C=O) groups is 1. The molecule has 0 saturated carbocycles. The lowest BCUT2D eigenvalue weighted by atomic mass is 10.1. The molecule has 0 radical (unpaired) electrons. The Morgan fingerprint density at radius 3 is 2.53 bits per heavy atom. The minimum atomic E-state index is 0.666. The summed E-state index contributed by atoms with van der Waals surface area (Å²) in [7, 11) is 1.90. The molecule has 0 saturated heterocycles. The standard InChI is InChI=1S/C11H11N3O/c1-14-11(6-7-13-14)9-2-4-10(5-3-9)12-8-15/h2-8H,1H3,(H,12,15). The SMILES string of the molecule is Cn1nccc1-c1ccc(NC=O)cc1. The van der Waals surface area contributed by atoms with Crippen LogP contribution in [0.4, 0.5) is 5.69 Å². The van der Waals surface area contributed by atoms with E-state index in [2.05, 4.69) is 10.4 Å². The number of hydrogen-bond donors (Lipinski definition) is 1. The number of amides is 1. The number of nitrogens with one attached hydrogen (secondary N) is 1. The first-order valence-electron chi connectivity index (χ1n) is 4.60. The zero-order chi connectivity index (χ0) is 10.7. The molecular formula is C11H11N3O. The number of aryl methyl sites for hydroxylation is 1. The fraction of sp³-hybridized carbons (Fsp3) is 0.0909. The maximum absolute atomic E-state index is 10.2. The first-order chi connectivity index (χ1) is 7.31. The summed E-state index contributed by atoms with van der Waals surface area (Å²) in [6.45, 7) is 0. The topological polar surface area (TPSA) is 46.9 Å². The van der Waals surface area contributed by atoms with Gasteiger partial charge in [-0.15, -0.1) is 0 Å². The van der Waals surface area contributed by atoms with E-state index in [1.807, 2.05) is 42.1 Å². The highest BCUT2D eigenvalue weighted by Crippen LogP contribution is 2.19. The highest BCUT2D eigenvalue weighted by molar-refractivity contribution is 5.73. The van der Waals surface area contributed by atoms with Gasteiger partial charge in [0.25, 0.3) is 0 Å². The Balaban J connectivity index is 2.31. The lowest BCUT2D eigenvalue weighted by Crippen LogP contribution is -1.95. The van der Waals surface area contributed by atoms with Crippen LogP contribution in [0, 0.1) is 0 Å². The van der Waals surface area contributed by atoms with E-state index in [9.17, 15) is 4.79 Å². The number of aromatic nitrogens is 2. The summed E-state index contributed by atoms with van der Waals surface area (Å²) < 4.78 is 1.81.